The van der Waals surface area contributed by atoms with Crippen molar-refractivity contribution < 1.29 is 0 Å². The molecule has 1 aromatic carbocycles. The number of hydrogen-bond acceptors (Lipinski definition) is 6. The smallest absolute Gasteiger partial charge is 0.209 e. The van der Waals surface area contributed by atoms with Gasteiger partial charge in [-0.25, -0.2) is 4.98 Å². The predicted molar refractivity (Wildman–Crippen MR) is 83.4 cm³/mol. The first-order valence-electron chi connectivity index (χ1n) is 6.84. The second-order valence-corrected chi connectivity index (χ2v) is 5.12. The number of nitrogens with zero attached hydrogens (tertiary/aromatic N) is 5. The van der Waals surface area contributed by atoms with Gasteiger partial charge in [-0.1, -0.05) is 6.07 Å². The summed E-state index contributed by atoms with van der Waals surface area (Å²) in [5.41, 5.74) is 9.67. The SMILES string of the molecule is Cc1ccc2nc(CNc3cc4nncn4c(N)n3)[nH]c2c1. The van der Waals surface area contributed by atoms with Gasteiger partial charge >= 0.3 is 0 Å². The van der Waals surface area contributed by atoms with E-state index in [0.717, 1.165) is 16.9 Å². The average molecular weight is 294 g/mol. The van der Waals surface area contributed by atoms with E-state index in [0.29, 0.717) is 24.0 Å². The molecule has 0 aliphatic carbocycles. The largest absolute Gasteiger partial charge is 0.369 e. The Hall–Kier alpha value is -3.16. The van der Waals surface area contributed by atoms with Gasteiger partial charge in [0, 0.05) is 6.07 Å². The molecular formula is C14H14N8. The van der Waals surface area contributed by atoms with Gasteiger partial charge in [0.25, 0.3) is 0 Å². The van der Waals surface area contributed by atoms with Gasteiger partial charge in [-0.3, -0.25) is 4.40 Å². The van der Waals surface area contributed by atoms with E-state index in [9.17, 15) is 0 Å². The summed E-state index contributed by atoms with van der Waals surface area (Å²) in [5, 5.41) is 11.0. The van der Waals surface area contributed by atoms with Gasteiger partial charge in [0.15, 0.2) is 5.65 Å². The highest BCUT2D eigenvalue weighted by molar-refractivity contribution is 5.75. The van der Waals surface area contributed by atoms with E-state index < -0.39 is 0 Å². The third-order valence-electron chi connectivity index (χ3n) is 3.45. The number of rotatable bonds is 3. The minimum atomic E-state index is 0.338. The molecule has 0 saturated heterocycles. The molecule has 0 amide bonds. The maximum Gasteiger partial charge on any atom is 0.209 e. The Labute approximate surface area is 125 Å². The molecule has 0 unspecified atom stereocenters. The fourth-order valence-electron chi connectivity index (χ4n) is 2.38. The van der Waals surface area contributed by atoms with Gasteiger partial charge < -0.3 is 16.0 Å². The molecule has 110 valence electrons. The molecule has 4 aromatic rings. The number of anilines is 2. The van der Waals surface area contributed by atoms with Crippen molar-refractivity contribution in [3.8, 4) is 0 Å². The van der Waals surface area contributed by atoms with Gasteiger partial charge in [-0.05, 0) is 24.6 Å². The molecule has 4 rings (SSSR count). The Morgan fingerprint density at radius 1 is 1.27 bits per heavy atom. The Bertz CT molecular complexity index is 967. The number of benzene rings is 1. The summed E-state index contributed by atoms with van der Waals surface area (Å²) in [6.07, 6.45) is 1.53. The zero-order valence-corrected chi connectivity index (χ0v) is 11.9. The number of fused-ring (bicyclic) bond motifs is 2. The van der Waals surface area contributed by atoms with Crippen LogP contribution in [0.25, 0.3) is 16.7 Å². The van der Waals surface area contributed by atoms with Gasteiger partial charge in [-0.15, -0.1) is 10.2 Å². The zero-order valence-electron chi connectivity index (χ0n) is 11.9. The molecular weight excluding hydrogens is 280 g/mol. The molecule has 0 aliphatic rings. The maximum atomic E-state index is 5.86. The molecule has 0 bridgehead atoms. The highest BCUT2D eigenvalue weighted by Gasteiger charge is 2.06. The standard InChI is InChI=1S/C14H14N8/c1-8-2-3-9-10(4-8)19-12(18-9)6-16-11-5-13-21-17-7-22(13)14(15)20-11/h2-5,7,16H,6H2,1H3,(H2,15,20)(H,18,19). The quantitative estimate of drug-likeness (QED) is 0.528. The van der Waals surface area contributed by atoms with Crippen molar-refractivity contribution in [2.75, 3.05) is 11.1 Å². The number of nitrogen functional groups attached to an aromatic ring is 1. The summed E-state index contributed by atoms with van der Waals surface area (Å²) >= 11 is 0. The van der Waals surface area contributed by atoms with Gasteiger partial charge in [-0.2, -0.15) is 4.98 Å². The number of aryl methyl sites for hydroxylation is 1. The Morgan fingerprint density at radius 2 is 2.18 bits per heavy atom. The summed E-state index contributed by atoms with van der Waals surface area (Å²) in [6, 6.07) is 7.91. The number of hydrogen-bond donors (Lipinski definition) is 3. The molecule has 3 aromatic heterocycles. The molecule has 0 saturated carbocycles. The van der Waals surface area contributed by atoms with Crippen molar-refractivity contribution in [3.63, 3.8) is 0 Å². The lowest BCUT2D eigenvalue weighted by Crippen LogP contribution is -2.07. The first-order chi connectivity index (χ1) is 10.7. The number of imidazole rings is 1. The maximum absolute atomic E-state index is 5.86. The van der Waals surface area contributed by atoms with E-state index in [1.165, 1.54) is 11.9 Å². The van der Waals surface area contributed by atoms with Crippen LogP contribution in [0, 0.1) is 6.92 Å². The number of nitrogens with two attached hydrogens (primary N) is 1. The van der Waals surface area contributed by atoms with Crippen LogP contribution in [0.4, 0.5) is 11.8 Å². The van der Waals surface area contributed by atoms with Crippen molar-refractivity contribution in [1.29, 1.82) is 0 Å². The minimum absolute atomic E-state index is 0.338. The minimum Gasteiger partial charge on any atom is -0.369 e. The van der Waals surface area contributed by atoms with Crippen LogP contribution in [0.3, 0.4) is 0 Å². The van der Waals surface area contributed by atoms with E-state index in [-0.39, 0.29) is 0 Å². The Kier molecular flexibility index (Phi) is 2.68. The van der Waals surface area contributed by atoms with Crippen LogP contribution in [0.5, 0.6) is 0 Å². The normalized spacial score (nSPS) is 11.3. The molecule has 0 aliphatic heterocycles. The summed E-state index contributed by atoms with van der Waals surface area (Å²) in [5.74, 6) is 1.81. The highest BCUT2D eigenvalue weighted by atomic mass is 15.3. The van der Waals surface area contributed by atoms with Gasteiger partial charge in [0.05, 0.1) is 17.6 Å². The fraction of sp³-hybridized carbons (Fsp3) is 0.143. The van der Waals surface area contributed by atoms with Crippen LogP contribution < -0.4 is 11.1 Å². The molecule has 22 heavy (non-hydrogen) atoms. The zero-order chi connectivity index (χ0) is 15.1. The lowest BCUT2D eigenvalue weighted by Gasteiger charge is -2.05. The number of H-pyrrole nitrogens is 1. The third kappa shape index (κ3) is 2.10. The monoisotopic (exact) mass is 294 g/mol. The van der Waals surface area contributed by atoms with Crippen LogP contribution in [0.1, 0.15) is 11.4 Å². The Balaban J connectivity index is 1.59. The first-order valence-corrected chi connectivity index (χ1v) is 6.84. The number of aromatic amines is 1. The summed E-state index contributed by atoms with van der Waals surface area (Å²) in [6.45, 7) is 2.57. The lowest BCUT2D eigenvalue weighted by molar-refractivity contribution is 0.989. The summed E-state index contributed by atoms with van der Waals surface area (Å²) < 4.78 is 1.62. The van der Waals surface area contributed by atoms with Crippen molar-refractivity contribution in [2.45, 2.75) is 13.5 Å². The molecule has 3 heterocycles. The first kappa shape index (κ1) is 12.6. The van der Waals surface area contributed by atoms with E-state index >= 15 is 0 Å². The highest BCUT2D eigenvalue weighted by Crippen LogP contribution is 2.15. The molecule has 0 spiro atoms. The van der Waals surface area contributed by atoms with Crippen LogP contribution >= 0.6 is 0 Å². The lowest BCUT2D eigenvalue weighted by atomic mass is 10.2. The van der Waals surface area contributed by atoms with Crippen molar-refractivity contribution in [3.05, 3.63) is 42.0 Å². The van der Waals surface area contributed by atoms with Crippen molar-refractivity contribution >= 4 is 28.4 Å². The van der Waals surface area contributed by atoms with Crippen molar-refractivity contribution in [1.82, 2.24) is 29.5 Å². The fourth-order valence-corrected chi connectivity index (χ4v) is 2.38. The predicted octanol–water partition coefficient (Wildman–Crippen LogP) is 1.50. The molecule has 0 fully saturated rings. The van der Waals surface area contributed by atoms with Crippen LogP contribution in [0.2, 0.25) is 0 Å². The molecule has 4 N–H and O–H groups in total. The van der Waals surface area contributed by atoms with E-state index in [1.54, 1.807) is 10.5 Å². The second-order valence-electron chi connectivity index (χ2n) is 5.12. The van der Waals surface area contributed by atoms with Gasteiger partial charge in [0.2, 0.25) is 5.95 Å². The molecule has 0 radical (unpaired) electrons. The third-order valence-corrected chi connectivity index (χ3v) is 3.45. The summed E-state index contributed by atoms with van der Waals surface area (Å²) in [7, 11) is 0. The Morgan fingerprint density at radius 3 is 3.09 bits per heavy atom. The van der Waals surface area contributed by atoms with Crippen LogP contribution in [0.15, 0.2) is 30.6 Å². The molecule has 8 heteroatoms. The van der Waals surface area contributed by atoms with Crippen LogP contribution in [-0.4, -0.2) is 29.5 Å². The van der Waals surface area contributed by atoms with Crippen LogP contribution in [-0.2, 0) is 6.54 Å². The van der Waals surface area contributed by atoms with E-state index in [1.807, 2.05) is 12.1 Å². The van der Waals surface area contributed by atoms with E-state index in [4.69, 9.17) is 5.73 Å². The number of nitrogens with one attached hydrogen (secondary N) is 2. The van der Waals surface area contributed by atoms with Gasteiger partial charge in [0.1, 0.15) is 18.0 Å². The number of aromatic nitrogens is 6. The molecule has 8 nitrogen and oxygen atoms in total. The van der Waals surface area contributed by atoms with Crippen molar-refractivity contribution in [2.24, 2.45) is 0 Å². The second kappa shape index (κ2) is 4.69. The average Bonchev–Trinajstić information content (AvgIpc) is 3.10. The summed E-state index contributed by atoms with van der Waals surface area (Å²) in [4.78, 5) is 12.1. The molecule has 0 atom stereocenters. The topological polar surface area (TPSA) is 110 Å². The van der Waals surface area contributed by atoms with E-state index in [2.05, 4.69) is 43.5 Å².